The van der Waals surface area contributed by atoms with Gasteiger partial charge in [-0.3, -0.25) is 14.6 Å². The van der Waals surface area contributed by atoms with Gasteiger partial charge in [-0.1, -0.05) is 0 Å². The number of rotatable bonds is 5. The number of hydrogen-bond donors (Lipinski definition) is 0. The van der Waals surface area contributed by atoms with Crippen LogP contribution in [-0.4, -0.2) is 59.6 Å². The normalized spacial score (nSPS) is 28.8. The van der Waals surface area contributed by atoms with E-state index in [9.17, 15) is 4.79 Å². The molecule has 1 aromatic heterocycles. The Hall–Kier alpha value is -0.980. The molecule has 0 aromatic carbocycles. The van der Waals surface area contributed by atoms with E-state index >= 15 is 0 Å². The molecule has 3 rings (SSSR count). The van der Waals surface area contributed by atoms with Gasteiger partial charge in [0.05, 0.1) is 18.6 Å². The Morgan fingerprint density at radius 1 is 1.50 bits per heavy atom. The standard InChI is InChI=1S/C18H29N3O2S/c1-4-23-17(22)18-6-5-8-20(12-16-19-7-9-24-16)10-15(18)11-21(13-18)14(2)3/h7,9,14-15H,4-6,8,10-13H2,1-3H3/t15-,18-/m1/s1. The Bertz CT molecular complexity index is 548. The van der Waals surface area contributed by atoms with Gasteiger partial charge in [-0.2, -0.15) is 0 Å². The van der Waals surface area contributed by atoms with Crippen molar-refractivity contribution in [1.82, 2.24) is 14.8 Å². The topological polar surface area (TPSA) is 45.7 Å². The lowest BCUT2D eigenvalue weighted by Crippen LogP contribution is -2.42. The van der Waals surface area contributed by atoms with E-state index < -0.39 is 0 Å². The summed E-state index contributed by atoms with van der Waals surface area (Å²) in [5, 5.41) is 3.20. The van der Waals surface area contributed by atoms with Crippen molar-refractivity contribution >= 4 is 17.3 Å². The van der Waals surface area contributed by atoms with Crippen molar-refractivity contribution < 1.29 is 9.53 Å². The number of carbonyl (C=O) groups excluding carboxylic acids is 1. The first-order chi connectivity index (χ1) is 11.5. The molecule has 0 aliphatic carbocycles. The average Bonchev–Trinajstić information content (AvgIpc) is 3.13. The Labute approximate surface area is 149 Å². The molecular weight excluding hydrogens is 322 g/mol. The molecule has 3 heterocycles. The molecule has 0 radical (unpaired) electrons. The first kappa shape index (κ1) is 17.8. The molecule has 1 aromatic rings. The van der Waals surface area contributed by atoms with Gasteiger partial charge in [0.1, 0.15) is 5.01 Å². The fourth-order valence-electron chi connectivity index (χ4n) is 4.22. The van der Waals surface area contributed by atoms with E-state index in [0.717, 1.165) is 50.6 Å². The maximum atomic E-state index is 12.9. The second-order valence-corrected chi connectivity index (χ2v) is 8.34. The fraction of sp³-hybridized carbons (Fsp3) is 0.778. The molecule has 0 unspecified atom stereocenters. The van der Waals surface area contributed by atoms with E-state index in [-0.39, 0.29) is 11.4 Å². The van der Waals surface area contributed by atoms with Crippen molar-refractivity contribution in [1.29, 1.82) is 0 Å². The van der Waals surface area contributed by atoms with Gasteiger partial charge in [-0.25, -0.2) is 4.98 Å². The molecule has 0 bridgehead atoms. The smallest absolute Gasteiger partial charge is 0.313 e. The van der Waals surface area contributed by atoms with Crippen LogP contribution in [0, 0.1) is 11.3 Å². The number of hydrogen-bond acceptors (Lipinski definition) is 6. The molecule has 2 aliphatic rings. The molecule has 2 atom stereocenters. The first-order valence-corrected chi connectivity index (χ1v) is 9.95. The molecule has 0 saturated carbocycles. The number of fused-ring (bicyclic) bond motifs is 1. The SMILES string of the molecule is CCOC(=O)[C@@]12CCCN(Cc3nccs3)C[C@@H]1CN(C(C)C)C2. The maximum Gasteiger partial charge on any atom is 0.313 e. The molecule has 0 spiro atoms. The van der Waals surface area contributed by atoms with Crippen molar-refractivity contribution in [3.8, 4) is 0 Å². The number of esters is 1. The molecule has 2 fully saturated rings. The minimum atomic E-state index is -0.322. The van der Waals surface area contributed by atoms with Gasteiger partial charge in [0.25, 0.3) is 0 Å². The van der Waals surface area contributed by atoms with E-state index in [2.05, 4.69) is 28.6 Å². The van der Waals surface area contributed by atoms with Crippen molar-refractivity contribution in [3.05, 3.63) is 16.6 Å². The van der Waals surface area contributed by atoms with Crippen LogP contribution in [0.1, 0.15) is 38.6 Å². The lowest BCUT2D eigenvalue weighted by Gasteiger charge is -2.31. The van der Waals surface area contributed by atoms with Crippen molar-refractivity contribution in [3.63, 3.8) is 0 Å². The Balaban J connectivity index is 1.79. The van der Waals surface area contributed by atoms with Crippen molar-refractivity contribution in [2.24, 2.45) is 11.3 Å². The van der Waals surface area contributed by atoms with E-state index in [1.54, 1.807) is 11.3 Å². The molecule has 5 nitrogen and oxygen atoms in total. The maximum absolute atomic E-state index is 12.9. The van der Waals surface area contributed by atoms with Crippen LogP contribution in [0.5, 0.6) is 0 Å². The molecular formula is C18H29N3O2S. The summed E-state index contributed by atoms with van der Waals surface area (Å²) in [5.74, 6) is 0.371. The number of carbonyl (C=O) groups is 1. The quantitative estimate of drug-likeness (QED) is 0.763. The fourth-order valence-corrected chi connectivity index (χ4v) is 4.88. The van der Waals surface area contributed by atoms with Crippen LogP contribution in [-0.2, 0) is 16.1 Å². The first-order valence-electron chi connectivity index (χ1n) is 9.07. The van der Waals surface area contributed by atoms with Gasteiger partial charge in [-0.05, 0) is 40.2 Å². The van der Waals surface area contributed by atoms with Gasteiger partial charge in [0, 0.05) is 43.2 Å². The van der Waals surface area contributed by atoms with Crippen molar-refractivity contribution in [2.45, 2.75) is 46.2 Å². The second kappa shape index (κ2) is 7.50. The lowest BCUT2D eigenvalue weighted by molar-refractivity contribution is -0.157. The lowest BCUT2D eigenvalue weighted by atomic mass is 9.75. The zero-order valence-electron chi connectivity index (χ0n) is 15.0. The summed E-state index contributed by atoms with van der Waals surface area (Å²) < 4.78 is 5.52. The zero-order chi connectivity index (χ0) is 17.2. The number of nitrogens with zero attached hydrogens (tertiary/aromatic N) is 3. The number of likely N-dealkylation sites (tertiary alicyclic amines) is 2. The summed E-state index contributed by atoms with van der Waals surface area (Å²) in [6, 6.07) is 0.468. The highest BCUT2D eigenvalue weighted by Gasteiger charge is 2.54. The van der Waals surface area contributed by atoms with E-state index in [1.807, 2.05) is 18.5 Å². The molecule has 6 heteroatoms. The molecule has 0 N–H and O–H groups in total. The van der Waals surface area contributed by atoms with Crippen LogP contribution in [0.25, 0.3) is 0 Å². The van der Waals surface area contributed by atoms with Gasteiger partial charge in [0.15, 0.2) is 0 Å². The summed E-state index contributed by atoms with van der Waals surface area (Å²) in [7, 11) is 0. The number of aromatic nitrogens is 1. The van der Waals surface area contributed by atoms with Gasteiger partial charge >= 0.3 is 5.97 Å². The average molecular weight is 352 g/mol. The Kier molecular flexibility index (Phi) is 5.57. The minimum absolute atomic E-state index is 0.0225. The second-order valence-electron chi connectivity index (χ2n) is 7.36. The molecule has 2 saturated heterocycles. The van der Waals surface area contributed by atoms with Crippen LogP contribution in [0.4, 0.5) is 0 Å². The largest absolute Gasteiger partial charge is 0.466 e. The Morgan fingerprint density at radius 3 is 3.00 bits per heavy atom. The highest BCUT2D eigenvalue weighted by Crippen LogP contribution is 2.44. The van der Waals surface area contributed by atoms with Crippen LogP contribution < -0.4 is 0 Å². The third-order valence-corrected chi connectivity index (χ3v) is 6.32. The van der Waals surface area contributed by atoms with E-state index in [1.165, 1.54) is 0 Å². The van der Waals surface area contributed by atoms with Crippen LogP contribution in [0.2, 0.25) is 0 Å². The molecule has 0 amide bonds. The summed E-state index contributed by atoms with van der Waals surface area (Å²) >= 11 is 1.71. The highest BCUT2D eigenvalue weighted by molar-refractivity contribution is 7.09. The third kappa shape index (κ3) is 3.51. The monoisotopic (exact) mass is 351 g/mol. The predicted molar refractivity (Wildman–Crippen MR) is 95.9 cm³/mol. The van der Waals surface area contributed by atoms with Crippen LogP contribution in [0.15, 0.2) is 11.6 Å². The number of thiazole rings is 1. The van der Waals surface area contributed by atoms with E-state index in [0.29, 0.717) is 18.6 Å². The predicted octanol–water partition coefficient (Wildman–Crippen LogP) is 2.63. The number of ether oxygens (including phenoxy) is 1. The van der Waals surface area contributed by atoms with Gasteiger partial charge in [-0.15, -0.1) is 11.3 Å². The van der Waals surface area contributed by atoms with Crippen molar-refractivity contribution in [2.75, 3.05) is 32.8 Å². The summed E-state index contributed by atoms with van der Waals surface area (Å²) in [5.41, 5.74) is -0.322. The molecule has 2 aliphatic heterocycles. The summed E-state index contributed by atoms with van der Waals surface area (Å²) in [4.78, 5) is 22.2. The summed E-state index contributed by atoms with van der Waals surface area (Å²) in [6.07, 6.45) is 3.86. The van der Waals surface area contributed by atoms with Crippen LogP contribution in [0.3, 0.4) is 0 Å². The van der Waals surface area contributed by atoms with Gasteiger partial charge in [0.2, 0.25) is 0 Å². The van der Waals surface area contributed by atoms with Gasteiger partial charge < -0.3 is 4.74 Å². The molecule has 134 valence electrons. The zero-order valence-corrected chi connectivity index (χ0v) is 15.8. The molecule has 24 heavy (non-hydrogen) atoms. The summed E-state index contributed by atoms with van der Waals surface area (Å²) in [6.45, 7) is 11.6. The highest BCUT2D eigenvalue weighted by atomic mass is 32.1. The van der Waals surface area contributed by atoms with E-state index in [4.69, 9.17) is 4.74 Å². The minimum Gasteiger partial charge on any atom is -0.466 e. The van der Waals surface area contributed by atoms with Crippen LogP contribution >= 0.6 is 11.3 Å². The third-order valence-electron chi connectivity index (χ3n) is 5.55. The Morgan fingerprint density at radius 2 is 2.33 bits per heavy atom.